The molecule has 0 amide bonds. The average molecular weight is 322 g/mol. The first-order valence-electron chi connectivity index (χ1n) is 7.86. The van der Waals surface area contributed by atoms with Gasteiger partial charge >= 0.3 is 0 Å². The van der Waals surface area contributed by atoms with E-state index in [-0.39, 0.29) is 11.5 Å². The molecule has 0 radical (unpaired) electrons. The molecule has 0 nitrogen and oxygen atoms in total. The zero-order chi connectivity index (χ0) is 16.6. The lowest BCUT2D eigenvalue weighted by atomic mass is 9.80. The van der Waals surface area contributed by atoms with E-state index in [2.05, 4.69) is 0 Å². The van der Waals surface area contributed by atoms with Crippen molar-refractivity contribution in [1.29, 1.82) is 0 Å². The molecule has 0 N–H and O–H groups in total. The van der Waals surface area contributed by atoms with E-state index >= 15 is 0 Å². The van der Waals surface area contributed by atoms with Crippen molar-refractivity contribution in [3.63, 3.8) is 0 Å². The Morgan fingerprint density at radius 2 is 1.70 bits per heavy atom. The summed E-state index contributed by atoms with van der Waals surface area (Å²) < 4.78 is 54.7. The van der Waals surface area contributed by atoms with Crippen molar-refractivity contribution in [2.45, 2.75) is 39.0 Å². The van der Waals surface area contributed by atoms with Crippen molar-refractivity contribution in [2.24, 2.45) is 5.92 Å². The van der Waals surface area contributed by atoms with E-state index < -0.39 is 23.3 Å². The van der Waals surface area contributed by atoms with E-state index in [4.69, 9.17) is 0 Å². The third-order valence-electron chi connectivity index (χ3n) is 4.69. The van der Waals surface area contributed by atoms with Crippen LogP contribution < -0.4 is 0 Å². The van der Waals surface area contributed by atoms with Crippen LogP contribution in [-0.2, 0) is 19.3 Å². The molecule has 2 aromatic rings. The Labute approximate surface area is 133 Å². The molecular weight excluding hydrogens is 304 g/mol. The van der Waals surface area contributed by atoms with Crippen LogP contribution in [0.25, 0.3) is 0 Å². The third kappa shape index (κ3) is 3.26. The number of hydrogen-bond acceptors (Lipinski definition) is 0. The number of fused-ring (bicyclic) bond motifs is 1. The van der Waals surface area contributed by atoms with Crippen LogP contribution in [0.1, 0.15) is 35.1 Å². The van der Waals surface area contributed by atoms with Crippen LogP contribution in [0.5, 0.6) is 0 Å². The Kier molecular flexibility index (Phi) is 4.42. The van der Waals surface area contributed by atoms with Crippen molar-refractivity contribution >= 4 is 0 Å². The van der Waals surface area contributed by atoms with E-state index in [1.807, 2.05) is 0 Å². The number of halogens is 4. The van der Waals surface area contributed by atoms with Gasteiger partial charge in [-0.25, -0.2) is 17.6 Å². The van der Waals surface area contributed by atoms with Gasteiger partial charge in [0.25, 0.3) is 0 Å². The topological polar surface area (TPSA) is 0 Å². The van der Waals surface area contributed by atoms with Gasteiger partial charge in [-0.1, -0.05) is 6.07 Å². The molecule has 1 aliphatic rings. The van der Waals surface area contributed by atoms with Crippen LogP contribution in [0.4, 0.5) is 17.6 Å². The Bertz CT molecular complexity index is 713. The first-order valence-corrected chi connectivity index (χ1v) is 7.86. The Morgan fingerprint density at radius 1 is 1.00 bits per heavy atom. The van der Waals surface area contributed by atoms with E-state index in [0.717, 1.165) is 11.6 Å². The highest BCUT2D eigenvalue weighted by Crippen LogP contribution is 2.31. The van der Waals surface area contributed by atoms with Crippen molar-refractivity contribution in [1.82, 2.24) is 0 Å². The molecule has 0 heterocycles. The van der Waals surface area contributed by atoms with Crippen LogP contribution in [0.2, 0.25) is 0 Å². The summed E-state index contributed by atoms with van der Waals surface area (Å²) in [5, 5.41) is 0. The third-order valence-corrected chi connectivity index (χ3v) is 4.69. The van der Waals surface area contributed by atoms with Crippen molar-refractivity contribution in [3.05, 3.63) is 69.8 Å². The van der Waals surface area contributed by atoms with Crippen LogP contribution in [-0.4, -0.2) is 0 Å². The molecule has 1 unspecified atom stereocenters. The van der Waals surface area contributed by atoms with Crippen molar-refractivity contribution < 1.29 is 17.6 Å². The summed E-state index contributed by atoms with van der Waals surface area (Å²) in [5.74, 6) is -2.35. The fourth-order valence-corrected chi connectivity index (χ4v) is 3.42. The summed E-state index contributed by atoms with van der Waals surface area (Å²) in [6.45, 7) is 1.65. The number of hydrogen-bond donors (Lipinski definition) is 0. The summed E-state index contributed by atoms with van der Waals surface area (Å²) in [6.07, 6.45) is 2.77. The molecule has 2 aromatic carbocycles. The highest BCUT2D eigenvalue weighted by Gasteiger charge is 2.23. The highest BCUT2D eigenvalue weighted by atomic mass is 19.2. The van der Waals surface area contributed by atoms with E-state index in [9.17, 15) is 17.6 Å². The van der Waals surface area contributed by atoms with Gasteiger partial charge in [0.05, 0.1) is 0 Å². The van der Waals surface area contributed by atoms with Gasteiger partial charge in [-0.15, -0.1) is 0 Å². The SMILES string of the molecule is Cc1cc(F)c(CCC2CCc3c(ccc(F)c3F)C2)c(F)c1. The molecule has 1 atom stereocenters. The number of aryl methyl sites for hydroxylation is 1. The lowest BCUT2D eigenvalue weighted by Crippen LogP contribution is -2.17. The van der Waals surface area contributed by atoms with Crippen LogP contribution >= 0.6 is 0 Å². The van der Waals surface area contributed by atoms with Gasteiger partial charge in [0.1, 0.15) is 11.6 Å². The van der Waals surface area contributed by atoms with Gasteiger partial charge in [0.2, 0.25) is 0 Å². The van der Waals surface area contributed by atoms with Gasteiger partial charge in [0.15, 0.2) is 11.6 Å². The Hall–Kier alpha value is -1.84. The quantitative estimate of drug-likeness (QED) is 0.674. The zero-order valence-electron chi connectivity index (χ0n) is 12.9. The van der Waals surface area contributed by atoms with Crippen LogP contribution in [0.3, 0.4) is 0 Å². The second-order valence-electron chi connectivity index (χ2n) is 6.35. The van der Waals surface area contributed by atoms with Crippen LogP contribution in [0.15, 0.2) is 24.3 Å². The predicted molar refractivity (Wildman–Crippen MR) is 81.3 cm³/mol. The fraction of sp³-hybridized carbons (Fsp3) is 0.368. The second kappa shape index (κ2) is 6.34. The summed E-state index contributed by atoms with van der Waals surface area (Å²) in [7, 11) is 0. The largest absolute Gasteiger partial charge is 0.207 e. The minimum Gasteiger partial charge on any atom is -0.207 e. The average Bonchev–Trinajstić information content (AvgIpc) is 2.50. The summed E-state index contributed by atoms with van der Waals surface area (Å²) in [6, 6.07) is 5.45. The minimum absolute atomic E-state index is 0.117. The summed E-state index contributed by atoms with van der Waals surface area (Å²) in [5.41, 5.74) is 1.94. The summed E-state index contributed by atoms with van der Waals surface area (Å²) >= 11 is 0. The maximum absolute atomic E-state index is 13.9. The number of benzene rings is 2. The normalized spacial score (nSPS) is 17.2. The molecule has 23 heavy (non-hydrogen) atoms. The fourth-order valence-electron chi connectivity index (χ4n) is 3.42. The highest BCUT2D eigenvalue weighted by molar-refractivity contribution is 5.32. The second-order valence-corrected chi connectivity index (χ2v) is 6.35. The molecule has 3 rings (SSSR count). The molecule has 4 heteroatoms. The van der Waals surface area contributed by atoms with Gasteiger partial charge in [-0.3, -0.25) is 0 Å². The van der Waals surface area contributed by atoms with Gasteiger partial charge in [-0.05, 0) is 79.8 Å². The first-order chi connectivity index (χ1) is 11.0. The smallest absolute Gasteiger partial charge is 0.162 e. The molecule has 122 valence electrons. The molecule has 0 fully saturated rings. The Morgan fingerprint density at radius 3 is 2.39 bits per heavy atom. The van der Waals surface area contributed by atoms with Gasteiger partial charge < -0.3 is 0 Å². The maximum atomic E-state index is 13.9. The minimum atomic E-state index is -0.814. The maximum Gasteiger partial charge on any atom is 0.162 e. The Balaban J connectivity index is 1.70. The molecule has 0 bridgehead atoms. The van der Waals surface area contributed by atoms with Crippen molar-refractivity contribution in [2.75, 3.05) is 0 Å². The molecular formula is C19H18F4. The van der Waals surface area contributed by atoms with E-state index in [1.165, 1.54) is 12.1 Å². The molecule has 0 saturated carbocycles. The molecule has 0 saturated heterocycles. The van der Waals surface area contributed by atoms with Gasteiger partial charge in [0, 0.05) is 5.56 Å². The molecule has 1 aliphatic carbocycles. The molecule has 0 aliphatic heterocycles. The van der Waals surface area contributed by atoms with E-state index in [0.29, 0.717) is 43.2 Å². The standard InChI is InChI=1S/C19H18F4/c1-11-8-17(21)15(18(22)9-11)6-3-12-2-5-14-13(10-12)4-7-16(20)19(14)23/h4,7-9,12H,2-3,5-6,10H2,1H3. The predicted octanol–water partition coefficient (Wildman–Crippen LogP) is 5.29. The van der Waals surface area contributed by atoms with E-state index in [1.54, 1.807) is 13.0 Å². The van der Waals surface area contributed by atoms with Crippen molar-refractivity contribution in [3.8, 4) is 0 Å². The lowest BCUT2D eigenvalue weighted by Gasteiger charge is -2.25. The monoisotopic (exact) mass is 322 g/mol. The number of rotatable bonds is 3. The van der Waals surface area contributed by atoms with Crippen LogP contribution in [0, 0.1) is 36.1 Å². The zero-order valence-corrected chi connectivity index (χ0v) is 12.9. The lowest BCUT2D eigenvalue weighted by molar-refractivity contribution is 0.404. The molecule has 0 aromatic heterocycles. The summed E-state index contributed by atoms with van der Waals surface area (Å²) in [4.78, 5) is 0. The molecule has 0 spiro atoms. The van der Waals surface area contributed by atoms with Gasteiger partial charge in [-0.2, -0.15) is 0 Å². The first kappa shape index (κ1) is 16.0.